The normalized spacial score (nSPS) is 11.5. The second-order valence-electron chi connectivity index (χ2n) is 6.45. The Bertz CT molecular complexity index is 819. The van der Waals surface area contributed by atoms with Crippen LogP contribution >= 0.6 is 0 Å². The average molecular weight is 359 g/mol. The summed E-state index contributed by atoms with van der Waals surface area (Å²) in [7, 11) is -3.53. The lowest BCUT2D eigenvalue weighted by molar-refractivity contribution is 0.444. The fourth-order valence-corrected chi connectivity index (χ4v) is 3.77. The highest BCUT2D eigenvalue weighted by Crippen LogP contribution is 2.18. The quantitative estimate of drug-likeness (QED) is 0.605. The minimum absolute atomic E-state index is 0.331. The molecule has 0 spiro atoms. The van der Waals surface area contributed by atoms with Crippen LogP contribution < -0.4 is 5.73 Å². The van der Waals surface area contributed by atoms with Crippen LogP contribution in [0.2, 0.25) is 0 Å². The predicted octanol–water partition coefficient (Wildman–Crippen LogP) is 3.78. The van der Waals surface area contributed by atoms with Crippen LogP contribution in [0.5, 0.6) is 0 Å². The van der Waals surface area contributed by atoms with E-state index in [1.165, 1.54) is 4.31 Å². The average Bonchev–Trinajstić information content (AvgIpc) is 2.56. The van der Waals surface area contributed by atoms with Crippen LogP contribution in [0.25, 0.3) is 0 Å². The van der Waals surface area contributed by atoms with E-state index in [2.05, 4.69) is 0 Å². The summed E-state index contributed by atoms with van der Waals surface area (Å²) in [4.78, 5) is 0.331. The first-order valence-electron chi connectivity index (χ1n) is 8.33. The van der Waals surface area contributed by atoms with Gasteiger partial charge in [-0.3, -0.25) is 0 Å². The van der Waals surface area contributed by atoms with Gasteiger partial charge in [-0.2, -0.15) is 4.31 Å². The van der Waals surface area contributed by atoms with Crippen LogP contribution in [0.1, 0.15) is 25.0 Å². The zero-order valence-corrected chi connectivity index (χ0v) is 15.9. The van der Waals surface area contributed by atoms with Crippen molar-refractivity contribution >= 4 is 15.7 Å². The lowest BCUT2D eigenvalue weighted by Crippen LogP contribution is -2.33. The van der Waals surface area contributed by atoms with Crippen molar-refractivity contribution in [2.45, 2.75) is 32.1 Å². The van der Waals surface area contributed by atoms with Gasteiger partial charge in [-0.25, -0.2) is 8.42 Å². The van der Waals surface area contributed by atoms with E-state index in [1.54, 1.807) is 12.1 Å². The lowest BCUT2D eigenvalue weighted by Gasteiger charge is -2.21. The number of hydrogen-bond donors (Lipinski definition) is 1. The van der Waals surface area contributed by atoms with Gasteiger partial charge in [0.25, 0.3) is 0 Å². The fraction of sp³-hybridized carbons (Fsp3) is 0.300. The Morgan fingerprint density at radius 1 is 1.04 bits per heavy atom. The fourth-order valence-electron chi connectivity index (χ4n) is 2.39. The van der Waals surface area contributed by atoms with Gasteiger partial charge in [0.2, 0.25) is 10.0 Å². The van der Waals surface area contributed by atoms with Crippen molar-refractivity contribution in [3.05, 3.63) is 71.3 Å². The van der Waals surface area contributed by atoms with Gasteiger partial charge in [0.1, 0.15) is 0 Å². The second kappa shape index (κ2) is 8.32. The van der Waals surface area contributed by atoms with Gasteiger partial charge < -0.3 is 5.73 Å². The lowest BCUT2D eigenvalue weighted by atomic mass is 10.1. The highest BCUT2D eigenvalue weighted by atomic mass is 32.2. The SMILES string of the molecule is CC(C)=CCN(CCc1ccc(N)cc1)S(=O)(=O)c1ccc(C)cc1. The third-order valence-electron chi connectivity index (χ3n) is 3.99. The second-order valence-corrected chi connectivity index (χ2v) is 8.39. The first kappa shape index (κ1) is 19.2. The molecule has 0 heterocycles. The predicted molar refractivity (Wildman–Crippen MR) is 104 cm³/mol. The number of anilines is 1. The molecule has 0 unspecified atom stereocenters. The van der Waals surface area contributed by atoms with Gasteiger partial charge in [0.05, 0.1) is 4.90 Å². The van der Waals surface area contributed by atoms with Gasteiger partial charge >= 0.3 is 0 Å². The van der Waals surface area contributed by atoms with Crippen LogP contribution in [0.3, 0.4) is 0 Å². The highest BCUT2D eigenvalue weighted by molar-refractivity contribution is 7.89. The summed E-state index contributed by atoms with van der Waals surface area (Å²) in [6.07, 6.45) is 2.58. The van der Waals surface area contributed by atoms with Crippen molar-refractivity contribution in [3.8, 4) is 0 Å². The van der Waals surface area contributed by atoms with Crippen LogP contribution in [-0.4, -0.2) is 25.8 Å². The molecular formula is C20H26N2O2S. The molecular weight excluding hydrogens is 332 g/mol. The maximum atomic E-state index is 13.0. The third kappa shape index (κ3) is 5.44. The summed E-state index contributed by atoms with van der Waals surface area (Å²) in [5, 5.41) is 0. The van der Waals surface area contributed by atoms with E-state index in [1.807, 2.05) is 63.2 Å². The molecule has 0 saturated heterocycles. The van der Waals surface area contributed by atoms with Crippen molar-refractivity contribution in [1.82, 2.24) is 4.31 Å². The highest BCUT2D eigenvalue weighted by Gasteiger charge is 2.23. The number of rotatable bonds is 7. The molecule has 25 heavy (non-hydrogen) atoms. The molecule has 0 bridgehead atoms. The summed E-state index contributed by atoms with van der Waals surface area (Å²) < 4.78 is 27.5. The number of sulfonamides is 1. The van der Waals surface area contributed by atoms with E-state index in [0.717, 1.165) is 16.7 Å². The Hall–Kier alpha value is -2.11. The number of allylic oxidation sites excluding steroid dienone is 1. The number of benzene rings is 2. The molecule has 4 nitrogen and oxygen atoms in total. The topological polar surface area (TPSA) is 63.4 Å². The molecule has 2 N–H and O–H groups in total. The number of aryl methyl sites for hydroxylation is 1. The zero-order chi connectivity index (χ0) is 18.4. The van der Waals surface area contributed by atoms with Crippen molar-refractivity contribution in [2.75, 3.05) is 18.8 Å². The number of nitrogens with zero attached hydrogens (tertiary/aromatic N) is 1. The van der Waals surface area contributed by atoms with Gasteiger partial charge in [-0.05, 0) is 57.0 Å². The Labute approximate surface area is 151 Å². The Balaban J connectivity index is 2.23. The summed E-state index contributed by atoms with van der Waals surface area (Å²) in [6, 6.07) is 14.5. The monoisotopic (exact) mass is 358 g/mol. The van der Waals surface area contributed by atoms with Gasteiger partial charge in [-0.15, -0.1) is 0 Å². The van der Waals surface area contributed by atoms with Crippen molar-refractivity contribution < 1.29 is 8.42 Å². The van der Waals surface area contributed by atoms with E-state index in [0.29, 0.717) is 30.1 Å². The minimum Gasteiger partial charge on any atom is -0.399 e. The van der Waals surface area contributed by atoms with Crippen LogP contribution in [0.15, 0.2) is 65.1 Å². The maximum absolute atomic E-state index is 13.0. The van der Waals surface area contributed by atoms with E-state index in [4.69, 9.17) is 5.73 Å². The first-order valence-corrected chi connectivity index (χ1v) is 9.77. The van der Waals surface area contributed by atoms with E-state index < -0.39 is 10.0 Å². The Kier molecular flexibility index (Phi) is 6.39. The van der Waals surface area contributed by atoms with Crippen LogP contribution in [0, 0.1) is 6.92 Å². The molecule has 0 aliphatic carbocycles. The summed E-state index contributed by atoms with van der Waals surface area (Å²) >= 11 is 0. The maximum Gasteiger partial charge on any atom is 0.243 e. The summed E-state index contributed by atoms with van der Waals surface area (Å²) in [5.74, 6) is 0. The molecule has 0 saturated carbocycles. The molecule has 0 radical (unpaired) electrons. The van der Waals surface area contributed by atoms with Crippen molar-refractivity contribution in [3.63, 3.8) is 0 Å². The van der Waals surface area contributed by atoms with Crippen molar-refractivity contribution in [1.29, 1.82) is 0 Å². The molecule has 2 rings (SSSR count). The summed E-state index contributed by atoms with van der Waals surface area (Å²) in [5.41, 5.74) is 9.61. The van der Waals surface area contributed by atoms with Gasteiger partial charge in [0, 0.05) is 18.8 Å². The molecule has 0 aliphatic heterocycles. The number of nitrogen functional groups attached to an aromatic ring is 1. The van der Waals surface area contributed by atoms with E-state index in [9.17, 15) is 8.42 Å². The van der Waals surface area contributed by atoms with Crippen LogP contribution in [-0.2, 0) is 16.4 Å². The van der Waals surface area contributed by atoms with E-state index >= 15 is 0 Å². The Morgan fingerprint density at radius 3 is 2.20 bits per heavy atom. The standard InChI is InChI=1S/C20H26N2O2S/c1-16(2)12-14-22(15-13-18-6-8-19(21)9-7-18)25(23,24)20-10-4-17(3)5-11-20/h4-12H,13-15,21H2,1-3H3. The zero-order valence-electron chi connectivity index (χ0n) is 15.1. The first-order chi connectivity index (χ1) is 11.8. The molecule has 0 aliphatic rings. The number of nitrogens with two attached hydrogens (primary N) is 1. The van der Waals surface area contributed by atoms with Crippen molar-refractivity contribution in [2.24, 2.45) is 0 Å². The van der Waals surface area contributed by atoms with Gasteiger partial charge in [-0.1, -0.05) is 41.5 Å². The molecule has 0 fully saturated rings. The van der Waals surface area contributed by atoms with E-state index in [-0.39, 0.29) is 0 Å². The van der Waals surface area contributed by atoms with Gasteiger partial charge in [0.15, 0.2) is 0 Å². The molecule has 2 aromatic carbocycles. The molecule has 0 amide bonds. The Morgan fingerprint density at radius 2 is 1.64 bits per heavy atom. The molecule has 0 aromatic heterocycles. The molecule has 0 atom stereocenters. The minimum atomic E-state index is -3.53. The number of hydrogen-bond acceptors (Lipinski definition) is 3. The molecule has 134 valence electrons. The largest absolute Gasteiger partial charge is 0.399 e. The smallest absolute Gasteiger partial charge is 0.243 e. The third-order valence-corrected chi connectivity index (χ3v) is 5.87. The van der Waals surface area contributed by atoms with Crippen LogP contribution in [0.4, 0.5) is 5.69 Å². The molecule has 5 heteroatoms. The molecule has 2 aromatic rings. The summed E-state index contributed by atoms with van der Waals surface area (Å²) in [6.45, 7) is 6.67.